The van der Waals surface area contributed by atoms with Crippen LogP contribution in [0.5, 0.6) is 0 Å². The van der Waals surface area contributed by atoms with E-state index >= 15 is 0 Å². The van der Waals surface area contributed by atoms with Gasteiger partial charge in [0.25, 0.3) is 0 Å². The average Bonchev–Trinajstić information content (AvgIpc) is 4.00. The molecule has 4 heterocycles. The van der Waals surface area contributed by atoms with Crippen molar-refractivity contribution in [2.75, 3.05) is 0 Å². The third-order valence-corrected chi connectivity index (χ3v) is 12.5. The first-order chi connectivity index (χ1) is 31.3. The molecule has 0 amide bonds. The molecule has 6 heteroatoms. The largest absolute Gasteiger partial charge is 0.309 e. The van der Waals surface area contributed by atoms with Gasteiger partial charge >= 0.3 is 0 Å². The van der Waals surface area contributed by atoms with Crippen LogP contribution >= 0.6 is 0 Å². The second-order valence-corrected chi connectivity index (χ2v) is 16.0. The molecule has 13 aromatic rings. The predicted molar refractivity (Wildman–Crippen MR) is 259 cm³/mol. The first kappa shape index (κ1) is 35.2. The Morgan fingerprint density at radius 2 is 0.746 bits per heavy atom. The average molecular weight is 805 g/mol. The Hall–Kier alpha value is -8.61. The van der Waals surface area contributed by atoms with Gasteiger partial charge in [0.1, 0.15) is 0 Å². The third-order valence-electron chi connectivity index (χ3n) is 12.5. The molecule has 13 rings (SSSR count). The molecule has 0 spiro atoms. The molecule has 0 aliphatic rings. The number of rotatable bonds is 6. The quantitative estimate of drug-likeness (QED) is 0.168. The van der Waals surface area contributed by atoms with Gasteiger partial charge in [-0.05, 0) is 59.7 Å². The summed E-state index contributed by atoms with van der Waals surface area (Å²) in [5, 5.41) is 6.90. The van der Waals surface area contributed by atoms with Gasteiger partial charge in [-0.1, -0.05) is 170 Å². The molecule has 6 nitrogen and oxygen atoms in total. The molecule has 9 aromatic carbocycles. The van der Waals surface area contributed by atoms with Crippen LogP contribution < -0.4 is 0 Å². The van der Waals surface area contributed by atoms with Crippen molar-refractivity contribution < 1.29 is 0 Å². The van der Waals surface area contributed by atoms with E-state index < -0.39 is 0 Å². The van der Waals surface area contributed by atoms with Gasteiger partial charge in [0.15, 0.2) is 11.6 Å². The molecule has 4 aromatic heterocycles. The Morgan fingerprint density at radius 3 is 1.38 bits per heavy atom. The van der Waals surface area contributed by atoms with Crippen molar-refractivity contribution in [2.24, 2.45) is 0 Å². The van der Waals surface area contributed by atoms with Gasteiger partial charge in [0.05, 0.1) is 38.8 Å². The standard InChI is InChI=1S/C57H36N6/c1-4-19-37(20-5-1)39-23-18-24-40(35-39)56-58-55(38-21-6-2-7-22-38)59-57(60-56)63-49-33-16-12-29-44(49)46-36-51-52(45-30-13-17-34-50(45)61(51)41-25-8-3-9-26-41)54(53(46)63)62-47-31-14-10-27-42(47)43-28-11-15-32-48(43)62/h1-36H. The molecule has 0 bridgehead atoms. The number of nitrogens with zero attached hydrogens (tertiary/aromatic N) is 6. The fourth-order valence-electron chi connectivity index (χ4n) is 9.77. The van der Waals surface area contributed by atoms with Gasteiger partial charge in [-0.3, -0.25) is 4.57 Å². The molecule has 0 unspecified atom stereocenters. The smallest absolute Gasteiger partial charge is 0.238 e. The van der Waals surface area contributed by atoms with Gasteiger partial charge in [-0.15, -0.1) is 0 Å². The van der Waals surface area contributed by atoms with E-state index in [4.69, 9.17) is 15.0 Å². The Balaban J connectivity index is 1.23. The topological polar surface area (TPSA) is 53.5 Å². The molecular weight excluding hydrogens is 769 g/mol. The Labute approximate surface area is 362 Å². The van der Waals surface area contributed by atoms with Crippen LogP contribution in [0.25, 0.3) is 117 Å². The summed E-state index contributed by atoms with van der Waals surface area (Å²) in [5.74, 6) is 1.75. The van der Waals surface area contributed by atoms with E-state index in [0.29, 0.717) is 17.6 Å². The van der Waals surface area contributed by atoms with Gasteiger partial charge in [-0.25, -0.2) is 4.98 Å². The van der Waals surface area contributed by atoms with Crippen molar-refractivity contribution in [1.29, 1.82) is 0 Å². The third kappa shape index (κ3) is 5.41. The van der Waals surface area contributed by atoms with Gasteiger partial charge in [0.2, 0.25) is 5.95 Å². The van der Waals surface area contributed by atoms with Crippen LogP contribution in [0.4, 0.5) is 0 Å². The molecule has 0 aliphatic heterocycles. The minimum atomic E-state index is 0.545. The van der Waals surface area contributed by atoms with Gasteiger partial charge in [-0.2, -0.15) is 9.97 Å². The maximum Gasteiger partial charge on any atom is 0.238 e. The first-order valence-electron chi connectivity index (χ1n) is 21.3. The van der Waals surface area contributed by atoms with Crippen molar-refractivity contribution >= 4 is 65.4 Å². The van der Waals surface area contributed by atoms with Crippen LogP contribution in [-0.4, -0.2) is 28.7 Å². The van der Waals surface area contributed by atoms with Crippen LogP contribution in [0, 0.1) is 0 Å². The summed E-state index contributed by atoms with van der Waals surface area (Å²) in [7, 11) is 0. The van der Waals surface area contributed by atoms with Crippen LogP contribution in [0.3, 0.4) is 0 Å². The van der Waals surface area contributed by atoms with E-state index in [0.717, 1.165) is 88.3 Å². The van der Waals surface area contributed by atoms with Crippen LogP contribution in [0.2, 0.25) is 0 Å². The van der Waals surface area contributed by atoms with E-state index in [1.807, 2.05) is 24.3 Å². The Bertz CT molecular complexity index is 3850. The second-order valence-electron chi connectivity index (χ2n) is 16.0. The molecule has 0 aliphatic carbocycles. The normalized spacial score (nSPS) is 11.8. The summed E-state index contributed by atoms with van der Waals surface area (Å²) in [6.07, 6.45) is 0. The molecule has 0 radical (unpaired) electrons. The van der Waals surface area contributed by atoms with Crippen LogP contribution in [0.1, 0.15) is 0 Å². The molecule has 294 valence electrons. The van der Waals surface area contributed by atoms with Crippen molar-refractivity contribution in [3.05, 3.63) is 218 Å². The summed E-state index contributed by atoms with van der Waals surface area (Å²) in [5.41, 5.74) is 12.8. The van der Waals surface area contributed by atoms with E-state index in [9.17, 15) is 0 Å². The fraction of sp³-hybridized carbons (Fsp3) is 0. The lowest BCUT2D eigenvalue weighted by Gasteiger charge is -2.17. The molecular formula is C57H36N6. The van der Waals surface area contributed by atoms with Crippen LogP contribution in [-0.2, 0) is 0 Å². The minimum Gasteiger partial charge on any atom is -0.309 e. The van der Waals surface area contributed by atoms with Gasteiger partial charge < -0.3 is 9.13 Å². The zero-order valence-electron chi connectivity index (χ0n) is 34.0. The van der Waals surface area contributed by atoms with Crippen LogP contribution in [0.15, 0.2) is 218 Å². The zero-order chi connectivity index (χ0) is 41.4. The Kier molecular flexibility index (Phi) is 7.80. The molecule has 0 N–H and O–H groups in total. The monoisotopic (exact) mass is 804 g/mol. The summed E-state index contributed by atoms with van der Waals surface area (Å²) in [6, 6.07) is 77.3. The second kappa shape index (κ2) is 14.0. The molecule has 0 saturated carbocycles. The van der Waals surface area contributed by atoms with Crippen molar-refractivity contribution in [1.82, 2.24) is 28.7 Å². The van der Waals surface area contributed by atoms with Gasteiger partial charge in [0, 0.05) is 49.1 Å². The highest BCUT2D eigenvalue weighted by Crippen LogP contribution is 2.46. The lowest BCUT2D eigenvalue weighted by molar-refractivity contribution is 0.950. The number of para-hydroxylation sites is 5. The highest BCUT2D eigenvalue weighted by atomic mass is 15.2. The number of hydrogen-bond acceptors (Lipinski definition) is 3. The molecule has 0 saturated heterocycles. The predicted octanol–water partition coefficient (Wildman–Crippen LogP) is 14.2. The summed E-state index contributed by atoms with van der Waals surface area (Å²) in [6.45, 7) is 0. The fourth-order valence-corrected chi connectivity index (χ4v) is 9.77. The number of hydrogen-bond donors (Lipinski definition) is 0. The Morgan fingerprint density at radius 1 is 0.286 bits per heavy atom. The highest BCUT2D eigenvalue weighted by molar-refractivity contribution is 6.26. The maximum absolute atomic E-state index is 5.48. The van der Waals surface area contributed by atoms with Crippen molar-refractivity contribution in [3.63, 3.8) is 0 Å². The maximum atomic E-state index is 5.48. The van der Waals surface area contributed by atoms with Crippen molar-refractivity contribution in [3.8, 4) is 51.2 Å². The van der Waals surface area contributed by atoms with Crippen molar-refractivity contribution in [2.45, 2.75) is 0 Å². The lowest BCUT2D eigenvalue weighted by atomic mass is 10.0. The zero-order valence-corrected chi connectivity index (χ0v) is 34.0. The number of aromatic nitrogens is 6. The van der Waals surface area contributed by atoms with E-state index in [2.05, 4.69) is 208 Å². The summed E-state index contributed by atoms with van der Waals surface area (Å²) < 4.78 is 7.19. The first-order valence-corrected chi connectivity index (χ1v) is 21.3. The van der Waals surface area contributed by atoms with E-state index in [1.54, 1.807) is 0 Å². The number of fused-ring (bicyclic) bond motifs is 9. The van der Waals surface area contributed by atoms with E-state index in [-0.39, 0.29) is 0 Å². The highest BCUT2D eigenvalue weighted by Gasteiger charge is 2.28. The molecule has 0 fully saturated rings. The molecule has 63 heavy (non-hydrogen) atoms. The lowest BCUT2D eigenvalue weighted by Crippen LogP contribution is -2.08. The molecule has 0 atom stereocenters. The minimum absolute atomic E-state index is 0.545. The summed E-state index contributed by atoms with van der Waals surface area (Å²) >= 11 is 0. The van der Waals surface area contributed by atoms with E-state index in [1.165, 1.54) is 10.8 Å². The summed E-state index contributed by atoms with van der Waals surface area (Å²) in [4.78, 5) is 16.1. The number of benzene rings is 9. The SMILES string of the molecule is c1ccc(-c2cccc(-c3nc(-c4ccccc4)nc(-n4c5ccccc5c5cc6c(c(-n7c8ccccc8c8ccccc87)c54)c4ccccc4n6-c4ccccc4)n3)c2)cc1.